The topological polar surface area (TPSA) is 127 Å². The molecule has 1 unspecified atom stereocenters. The van der Waals surface area contributed by atoms with Crippen molar-refractivity contribution in [3.8, 4) is 0 Å². The van der Waals surface area contributed by atoms with E-state index in [1.807, 2.05) is 13.8 Å². The zero-order valence-corrected chi connectivity index (χ0v) is 16.9. The van der Waals surface area contributed by atoms with Gasteiger partial charge >= 0.3 is 0 Å². The molecular weight excluding hydrogens is 396 g/mol. The van der Waals surface area contributed by atoms with Crippen molar-refractivity contribution in [2.75, 3.05) is 5.32 Å². The van der Waals surface area contributed by atoms with Crippen LogP contribution in [0.15, 0.2) is 42.5 Å². The molecule has 0 bridgehead atoms. The number of nitro groups is 1. The molecule has 0 radical (unpaired) electrons. The molecule has 0 heterocycles. The van der Waals surface area contributed by atoms with Gasteiger partial charge in [-0.25, -0.2) is 0 Å². The summed E-state index contributed by atoms with van der Waals surface area (Å²) in [5.74, 6) is -0.973. The van der Waals surface area contributed by atoms with E-state index >= 15 is 0 Å². The number of nitrogens with zero attached hydrogens (tertiary/aromatic N) is 1. The maximum absolute atomic E-state index is 12.5. The van der Waals surface area contributed by atoms with Crippen LogP contribution in [-0.2, 0) is 16.0 Å². The largest absolute Gasteiger partial charge is 0.377 e. The monoisotopic (exact) mass is 418 g/mol. The van der Waals surface area contributed by atoms with Gasteiger partial charge in [-0.15, -0.1) is 0 Å². The van der Waals surface area contributed by atoms with Gasteiger partial charge in [-0.05, 0) is 43.2 Å². The van der Waals surface area contributed by atoms with E-state index in [1.54, 1.807) is 36.4 Å². The second kappa shape index (κ2) is 9.88. The minimum Gasteiger partial charge on any atom is -0.377 e. The van der Waals surface area contributed by atoms with Crippen molar-refractivity contribution in [3.05, 3.63) is 68.7 Å². The molecule has 1 atom stereocenters. The van der Waals surface area contributed by atoms with Gasteiger partial charge in [0.2, 0.25) is 11.8 Å². The molecule has 2 rings (SSSR count). The van der Waals surface area contributed by atoms with Gasteiger partial charge in [0.1, 0.15) is 5.69 Å². The lowest BCUT2D eigenvalue weighted by atomic mass is 10.0. The zero-order valence-electron chi connectivity index (χ0n) is 16.1. The van der Waals surface area contributed by atoms with E-state index in [1.165, 1.54) is 6.07 Å². The van der Waals surface area contributed by atoms with Crippen molar-refractivity contribution in [1.82, 2.24) is 5.32 Å². The van der Waals surface area contributed by atoms with Crippen molar-refractivity contribution in [2.24, 2.45) is 5.73 Å². The van der Waals surface area contributed by atoms with Crippen molar-refractivity contribution in [2.45, 2.75) is 38.8 Å². The van der Waals surface area contributed by atoms with Crippen LogP contribution in [0, 0.1) is 10.1 Å². The molecule has 2 aromatic carbocycles. The first-order valence-corrected chi connectivity index (χ1v) is 9.40. The Morgan fingerprint density at radius 1 is 1.17 bits per heavy atom. The van der Waals surface area contributed by atoms with E-state index < -0.39 is 16.9 Å². The number of halogens is 1. The molecule has 0 spiro atoms. The molecule has 0 aliphatic carbocycles. The zero-order chi connectivity index (χ0) is 21.6. The Balaban J connectivity index is 2.25. The molecule has 4 N–H and O–H groups in total. The summed E-state index contributed by atoms with van der Waals surface area (Å²) in [5.41, 5.74) is 6.71. The highest BCUT2D eigenvalue weighted by atomic mass is 35.5. The van der Waals surface area contributed by atoms with Crippen molar-refractivity contribution >= 4 is 34.8 Å². The molecule has 9 heteroatoms. The van der Waals surface area contributed by atoms with Crippen LogP contribution < -0.4 is 16.4 Å². The summed E-state index contributed by atoms with van der Waals surface area (Å²) >= 11 is 5.84. The number of benzene rings is 2. The van der Waals surface area contributed by atoms with Crippen LogP contribution in [0.4, 0.5) is 11.4 Å². The van der Waals surface area contributed by atoms with Gasteiger partial charge in [-0.2, -0.15) is 0 Å². The average molecular weight is 419 g/mol. The number of carbonyl (C=O) groups is 2. The minimum absolute atomic E-state index is 0.0000418. The van der Waals surface area contributed by atoms with E-state index in [9.17, 15) is 19.7 Å². The first-order chi connectivity index (χ1) is 13.7. The van der Waals surface area contributed by atoms with Crippen LogP contribution in [0.3, 0.4) is 0 Å². The maximum atomic E-state index is 12.5. The van der Waals surface area contributed by atoms with E-state index in [-0.39, 0.29) is 30.5 Å². The van der Waals surface area contributed by atoms with Gasteiger partial charge < -0.3 is 16.4 Å². The number of nitrogens with two attached hydrogens (primary N) is 1. The van der Waals surface area contributed by atoms with Gasteiger partial charge in [0.25, 0.3) is 5.69 Å². The number of primary amides is 1. The SMILES string of the molecule is CC(C)Nc1ccc(C(CC(N)=O)NC(=O)Cc2ccc(Cl)cc2)cc1[N+](=O)[O-]. The summed E-state index contributed by atoms with van der Waals surface area (Å²) < 4.78 is 0. The molecular formula is C20H23ClN4O4. The molecule has 29 heavy (non-hydrogen) atoms. The van der Waals surface area contributed by atoms with Crippen molar-refractivity contribution in [1.29, 1.82) is 0 Å². The summed E-state index contributed by atoms with van der Waals surface area (Å²) in [4.78, 5) is 34.9. The number of amides is 2. The third-order valence-electron chi connectivity index (χ3n) is 4.08. The number of nitrogens with one attached hydrogen (secondary N) is 2. The van der Waals surface area contributed by atoms with Crippen LogP contribution in [0.5, 0.6) is 0 Å². The number of hydrogen-bond donors (Lipinski definition) is 3. The number of nitro benzene ring substituents is 1. The van der Waals surface area contributed by atoms with E-state index in [4.69, 9.17) is 17.3 Å². The smallest absolute Gasteiger partial charge is 0.292 e. The third kappa shape index (κ3) is 6.76. The Bertz CT molecular complexity index is 900. The highest BCUT2D eigenvalue weighted by molar-refractivity contribution is 6.30. The molecule has 0 saturated heterocycles. The molecule has 0 aliphatic heterocycles. The average Bonchev–Trinajstić information content (AvgIpc) is 2.62. The van der Waals surface area contributed by atoms with Crippen LogP contribution >= 0.6 is 11.6 Å². The summed E-state index contributed by atoms with van der Waals surface area (Å²) in [5, 5.41) is 17.8. The quantitative estimate of drug-likeness (QED) is 0.425. The van der Waals surface area contributed by atoms with Gasteiger partial charge in [-0.3, -0.25) is 19.7 Å². The van der Waals surface area contributed by atoms with E-state index in [0.29, 0.717) is 16.3 Å². The minimum atomic E-state index is -0.779. The standard InChI is InChI=1S/C20H23ClN4O4/c1-12(2)23-16-8-5-14(10-18(16)25(28)29)17(11-19(22)26)24-20(27)9-13-3-6-15(21)7-4-13/h3-8,10,12,17,23H,9,11H2,1-2H3,(H2,22,26)(H,24,27). The molecule has 154 valence electrons. The number of anilines is 1. The molecule has 0 fully saturated rings. The Hall–Kier alpha value is -3.13. The van der Waals surface area contributed by atoms with Gasteiger partial charge in [0, 0.05) is 17.1 Å². The lowest BCUT2D eigenvalue weighted by Crippen LogP contribution is -2.32. The Morgan fingerprint density at radius 2 is 1.83 bits per heavy atom. The predicted molar refractivity (Wildman–Crippen MR) is 112 cm³/mol. The molecule has 0 saturated carbocycles. The van der Waals surface area contributed by atoms with Crippen LogP contribution in [0.1, 0.15) is 37.4 Å². The Morgan fingerprint density at radius 3 is 2.38 bits per heavy atom. The highest BCUT2D eigenvalue weighted by Gasteiger charge is 2.22. The van der Waals surface area contributed by atoms with Gasteiger partial charge in [0.05, 0.1) is 23.8 Å². The Labute approximate surface area is 173 Å². The molecule has 0 aromatic heterocycles. The summed E-state index contributed by atoms with van der Waals surface area (Å²) in [6.45, 7) is 3.73. The fourth-order valence-corrected chi connectivity index (χ4v) is 2.96. The summed E-state index contributed by atoms with van der Waals surface area (Å²) in [7, 11) is 0. The molecule has 2 aromatic rings. The van der Waals surface area contributed by atoms with E-state index in [2.05, 4.69) is 10.6 Å². The second-order valence-corrected chi connectivity index (χ2v) is 7.36. The Kier molecular flexibility index (Phi) is 7.55. The number of rotatable bonds is 9. The van der Waals surface area contributed by atoms with Crippen molar-refractivity contribution in [3.63, 3.8) is 0 Å². The lowest BCUT2D eigenvalue weighted by Gasteiger charge is -2.19. The molecule has 2 amide bonds. The second-order valence-electron chi connectivity index (χ2n) is 6.93. The van der Waals surface area contributed by atoms with Gasteiger partial charge in [-0.1, -0.05) is 29.8 Å². The fraction of sp³-hybridized carbons (Fsp3) is 0.300. The number of carbonyl (C=O) groups excluding carboxylic acids is 2. The van der Waals surface area contributed by atoms with Gasteiger partial charge in [0.15, 0.2) is 0 Å². The normalized spacial score (nSPS) is 11.7. The maximum Gasteiger partial charge on any atom is 0.292 e. The van der Waals surface area contributed by atoms with Crippen LogP contribution in [0.25, 0.3) is 0 Å². The first kappa shape index (κ1) is 22.2. The molecule has 0 aliphatic rings. The predicted octanol–water partition coefficient (Wildman–Crippen LogP) is 3.34. The van der Waals surface area contributed by atoms with E-state index in [0.717, 1.165) is 5.56 Å². The third-order valence-corrected chi connectivity index (χ3v) is 4.34. The first-order valence-electron chi connectivity index (χ1n) is 9.02. The fourth-order valence-electron chi connectivity index (χ4n) is 2.84. The van der Waals surface area contributed by atoms with Crippen molar-refractivity contribution < 1.29 is 14.5 Å². The summed E-state index contributed by atoms with van der Waals surface area (Å²) in [6.07, 6.45) is -0.109. The van der Waals surface area contributed by atoms with Crippen LogP contribution in [-0.4, -0.2) is 22.8 Å². The van der Waals surface area contributed by atoms with Crippen LogP contribution in [0.2, 0.25) is 5.02 Å². The summed E-state index contributed by atoms with van der Waals surface area (Å²) in [6, 6.07) is 10.6. The lowest BCUT2D eigenvalue weighted by molar-refractivity contribution is -0.384. The highest BCUT2D eigenvalue weighted by Crippen LogP contribution is 2.30. The number of hydrogen-bond acceptors (Lipinski definition) is 5. The molecule has 8 nitrogen and oxygen atoms in total.